The lowest BCUT2D eigenvalue weighted by Gasteiger charge is -2.35. The topological polar surface area (TPSA) is 44.4 Å². The molecule has 2 N–H and O–H groups in total. The van der Waals surface area contributed by atoms with Crippen molar-refractivity contribution in [3.8, 4) is 0 Å². The summed E-state index contributed by atoms with van der Waals surface area (Å²) in [5.74, 6) is 0.871. The Hall–Kier alpha value is -1.10. The Morgan fingerprint density at radius 1 is 1.35 bits per heavy atom. The molecule has 1 fully saturated rings. The highest BCUT2D eigenvalue weighted by atomic mass is 35.5. The standard InChI is InChI=1S/C18H28ClN3O/c1-14(22-11-8-15(9-12-22)7-10-20-2)18(23)21-13-16-5-3-4-6-17(16)19/h3-6,14-15,20H,7-13H2,1-2H3,(H,21,23). The molecule has 1 aliphatic heterocycles. The molecule has 0 aliphatic carbocycles. The molecule has 1 aliphatic rings. The second-order valence-corrected chi connectivity index (χ2v) is 6.76. The summed E-state index contributed by atoms with van der Waals surface area (Å²) in [7, 11) is 2.00. The van der Waals surface area contributed by atoms with Gasteiger partial charge in [0.1, 0.15) is 0 Å². The molecule has 0 radical (unpaired) electrons. The van der Waals surface area contributed by atoms with Gasteiger partial charge in [0.05, 0.1) is 6.04 Å². The molecule has 4 nitrogen and oxygen atoms in total. The van der Waals surface area contributed by atoms with Crippen molar-refractivity contribution >= 4 is 17.5 Å². The molecule has 0 aromatic heterocycles. The van der Waals surface area contributed by atoms with Gasteiger partial charge < -0.3 is 10.6 Å². The number of piperidine rings is 1. The third-order valence-corrected chi connectivity index (χ3v) is 5.16. The molecule has 1 heterocycles. The smallest absolute Gasteiger partial charge is 0.237 e. The van der Waals surface area contributed by atoms with Crippen LogP contribution in [0.25, 0.3) is 0 Å². The Kier molecular flexibility index (Phi) is 7.34. The maximum atomic E-state index is 12.4. The van der Waals surface area contributed by atoms with Crippen LogP contribution in [0.5, 0.6) is 0 Å². The lowest BCUT2D eigenvalue weighted by molar-refractivity contribution is -0.126. The minimum atomic E-state index is -0.0808. The third kappa shape index (κ3) is 5.48. The number of nitrogens with one attached hydrogen (secondary N) is 2. The minimum absolute atomic E-state index is 0.0808. The first-order chi connectivity index (χ1) is 11.1. The zero-order chi connectivity index (χ0) is 16.7. The average molecular weight is 338 g/mol. The molecule has 1 atom stereocenters. The zero-order valence-corrected chi connectivity index (χ0v) is 14.9. The van der Waals surface area contributed by atoms with E-state index in [1.807, 2.05) is 38.2 Å². The summed E-state index contributed by atoms with van der Waals surface area (Å²) in [6, 6.07) is 7.55. The van der Waals surface area contributed by atoms with Crippen LogP contribution >= 0.6 is 11.6 Å². The monoisotopic (exact) mass is 337 g/mol. The van der Waals surface area contributed by atoms with Gasteiger partial charge in [0.25, 0.3) is 0 Å². The number of hydrogen-bond donors (Lipinski definition) is 2. The fourth-order valence-electron chi connectivity index (χ4n) is 3.11. The maximum Gasteiger partial charge on any atom is 0.237 e. The number of nitrogens with zero attached hydrogens (tertiary/aromatic N) is 1. The number of halogens is 1. The van der Waals surface area contributed by atoms with E-state index in [1.54, 1.807) is 0 Å². The second kappa shape index (κ2) is 9.26. The van der Waals surface area contributed by atoms with Crippen LogP contribution in [0.1, 0.15) is 31.7 Å². The van der Waals surface area contributed by atoms with Crippen molar-refractivity contribution in [1.29, 1.82) is 0 Å². The number of rotatable bonds is 7. The number of benzene rings is 1. The van der Waals surface area contributed by atoms with E-state index in [4.69, 9.17) is 11.6 Å². The van der Waals surface area contributed by atoms with Crippen molar-refractivity contribution in [2.45, 2.75) is 38.8 Å². The van der Waals surface area contributed by atoms with Crippen molar-refractivity contribution < 1.29 is 4.79 Å². The predicted molar refractivity (Wildman–Crippen MR) is 95.6 cm³/mol. The molecule has 5 heteroatoms. The highest BCUT2D eigenvalue weighted by Gasteiger charge is 2.26. The molecule has 1 saturated heterocycles. The first-order valence-electron chi connectivity index (χ1n) is 8.51. The summed E-state index contributed by atoms with van der Waals surface area (Å²) in [6.45, 7) is 5.58. The van der Waals surface area contributed by atoms with E-state index in [1.165, 1.54) is 19.3 Å². The highest BCUT2D eigenvalue weighted by molar-refractivity contribution is 6.31. The van der Waals surface area contributed by atoms with E-state index >= 15 is 0 Å². The first-order valence-corrected chi connectivity index (χ1v) is 8.89. The van der Waals surface area contributed by atoms with Crippen LogP contribution in [0.15, 0.2) is 24.3 Å². The predicted octanol–water partition coefficient (Wildman–Crippen LogP) is 2.67. The van der Waals surface area contributed by atoms with Gasteiger partial charge in [-0.25, -0.2) is 0 Å². The van der Waals surface area contributed by atoms with Gasteiger partial charge in [-0.2, -0.15) is 0 Å². The number of carbonyl (C=O) groups excluding carboxylic acids is 1. The zero-order valence-electron chi connectivity index (χ0n) is 14.1. The Bertz CT molecular complexity index is 501. The summed E-state index contributed by atoms with van der Waals surface area (Å²) in [6.07, 6.45) is 3.60. The molecule has 2 rings (SSSR count). The Balaban J connectivity index is 1.76. The van der Waals surface area contributed by atoms with Gasteiger partial charge in [0.2, 0.25) is 5.91 Å². The summed E-state index contributed by atoms with van der Waals surface area (Å²) in [5.41, 5.74) is 0.959. The van der Waals surface area contributed by atoms with Gasteiger partial charge in [-0.15, -0.1) is 0 Å². The molecule has 128 valence electrons. The molecular weight excluding hydrogens is 310 g/mol. The number of likely N-dealkylation sites (tertiary alicyclic amines) is 1. The average Bonchev–Trinajstić information content (AvgIpc) is 2.59. The largest absolute Gasteiger partial charge is 0.351 e. The Labute approximate surface area is 144 Å². The molecule has 1 aromatic carbocycles. The summed E-state index contributed by atoms with van der Waals surface area (Å²) in [5, 5.41) is 6.92. The van der Waals surface area contributed by atoms with Crippen molar-refractivity contribution in [1.82, 2.24) is 15.5 Å². The fourth-order valence-corrected chi connectivity index (χ4v) is 3.32. The van der Waals surface area contributed by atoms with Crippen LogP contribution in [0.3, 0.4) is 0 Å². The van der Waals surface area contributed by atoms with E-state index in [-0.39, 0.29) is 11.9 Å². The normalized spacial score (nSPS) is 17.9. The van der Waals surface area contributed by atoms with E-state index in [0.29, 0.717) is 11.6 Å². The van der Waals surface area contributed by atoms with Gasteiger partial charge >= 0.3 is 0 Å². The van der Waals surface area contributed by atoms with Gasteiger partial charge in [-0.1, -0.05) is 29.8 Å². The second-order valence-electron chi connectivity index (χ2n) is 6.36. The van der Waals surface area contributed by atoms with Crippen LogP contribution in [-0.2, 0) is 11.3 Å². The molecule has 1 unspecified atom stereocenters. The van der Waals surface area contributed by atoms with Crippen LogP contribution in [0, 0.1) is 5.92 Å². The van der Waals surface area contributed by atoms with Gasteiger partial charge in [-0.05, 0) is 70.4 Å². The summed E-state index contributed by atoms with van der Waals surface area (Å²) in [4.78, 5) is 14.7. The van der Waals surface area contributed by atoms with Gasteiger partial charge in [-0.3, -0.25) is 9.69 Å². The quantitative estimate of drug-likeness (QED) is 0.804. The van der Waals surface area contributed by atoms with Crippen LogP contribution in [0.2, 0.25) is 5.02 Å². The lowest BCUT2D eigenvalue weighted by Crippen LogP contribution is -2.48. The third-order valence-electron chi connectivity index (χ3n) is 4.79. The lowest BCUT2D eigenvalue weighted by atomic mass is 9.93. The van der Waals surface area contributed by atoms with Crippen molar-refractivity contribution in [3.63, 3.8) is 0 Å². The molecule has 0 saturated carbocycles. The van der Waals surface area contributed by atoms with Crippen LogP contribution in [0.4, 0.5) is 0 Å². The fraction of sp³-hybridized carbons (Fsp3) is 0.611. The van der Waals surface area contributed by atoms with Gasteiger partial charge in [0, 0.05) is 11.6 Å². The summed E-state index contributed by atoms with van der Waals surface area (Å²) < 4.78 is 0. The molecule has 0 bridgehead atoms. The molecule has 23 heavy (non-hydrogen) atoms. The highest BCUT2D eigenvalue weighted by Crippen LogP contribution is 2.21. The van der Waals surface area contributed by atoms with Crippen molar-refractivity contribution in [3.05, 3.63) is 34.9 Å². The van der Waals surface area contributed by atoms with E-state index < -0.39 is 0 Å². The van der Waals surface area contributed by atoms with Crippen molar-refractivity contribution in [2.24, 2.45) is 5.92 Å². The number of carbonyl (C=O) groups is 1. The molecular formula is C18H28ClN3O. The Morgan fingerprint density at radius 2 is 2.04 bits per heavy atom. The van der Waals surface area contributed by atoms with E-state index in [2.05, 4.69) is 15.5 Å². The molecule has 1 amide bonds. The van der Waals surface area contributed by atoms with E-state index in [0.717, 1.165) is 31.1 Å². The number of amides is 1. The maximum absolute atomic E-state index is 12.4. The SMILES string of the molecule is CNCCC1CCN(C(C)C(=O)NCc2ccccc2Cl)CC1. The minimum Gasteiger partial charge on any atom is -0.351 e. The Morgan fingerprint density at radius 3 is 2.70 bits per heavy atom. The summed E-state index contributed by atoms with van der Waals surface area (Å²) >= 11 is 6.13. The molecule has 0 spiro atoms. The number of hydrogen-bond acceptors (Lipinski definition) is 3. The van der Waals surface area contributed by atoms with E-state index in [9.17, 15) is 4.79 Å². The van der Waals surface area contributed by atoms with Gasteiger partial charge in [0.15, 0.2) is 0 Å². The van der Waals surface area contributed by atoms with Crippen molar-refractivity contribution in [2.75, 3.05) is 26.7 Å². The first kappa shape index (κ1) is 18.2. The van der Waals surface area contributed by atoms with Crippen LogP contribution < -0.4 is 10.6 Å². The molecule has 1 aromatic rings. The van der Waals surface area contributed by atoms with Crippen LogP contribution in [-0.4, -0.2) is 43.5 Å².